The van der Waals surface area contributed by atoms with Gasteiger partial charge in [0.25, 0.3) is 0 Å². The van der Waals surface area contributed by atoms with E-state index < -0.39 is 18.1 Å². The second-order valence-electron chi connectivity index (χ2n) is 5.39. The van der Waals surface area contributed by atoms with E-state index in [0.717, 1.165) is 0 Å². The number of amides is 2. The van der Waals surface area contributed by atoms with Gasteiger partial charge in [-0.05, 0) is 29.8 Å². The fourth-order valence-corrected chi connectivity index (χ4v) is 2.48. The largest absolute Gasteiger partial charge is 0.328 e. The van der Waals surface area contributed by atoms with Crippen molar-refractivity contribution >= 4 is 23.8 Å². The Labute approximate surface area is 143 Å². The van der Waals surface area contributed by atoms with Gasteiger partial charge < -0.3 is 5.32 Å². The van der Waals surface area contributed by atoms with E-state index in [4.69, 9.17) is 5.41 Å². The fraction of sp³-hybridized carbons (Fsp3) is 0.111. The van der Waals surface area contributed by atoms with Crippen LogP contribution in [0, 0.1) is 22.6 Å². The van der Waals surface area contributed by atoms with E-state index >= 15 is 0 Å². The Kier molecular flexibility index (Phi) is 4.53. The summed E-state index contributed by atoms with van der Waals surface area (Å²) in [7, 11) is 0. The lowest BCUT2D eigenvalue weighted by molar-refractivity contribution is 0.244. The molecule has 2 atom stereocenters. The van der Waals surface area contributed by atoms with Crippen LogP contribution in [0.15, 0.2) is 59.6 Å². The molecule has 2 aromatic rings. The van der Waals surface area contributed by atoms with Gasteiger partial charge in [-0.2, -0.15) is 5.26 Å². The van der Waals surface area contributed by atoms with Gasteiger partial charge in [0.2, 0.25) is 0 Å². The summed E-state index contributed by atoms with van der Waals surface area (Å²) in [6.07, 6.45) is 1.46. The Morgan fingerprint density at radius 1 is 1.20 bits per heavy atom. The molecule has 1 aliphatic heterocycles. The van der Waals surface area contributed by atoms with Crippen molar-refractivity contribution in [2.45, 2.75) is 12.1 Å². The first-order valence-corrected chi connectivity index (χ1v) is 7.52. The van der Waals surface area contributed by atoms with E-state index in [1.165, 1.54) is 23.2 Å². The molecule has 2 N–H and O–H groups in total. The number of urea groups is 1. The average Bonchev–Trinajstić information content (AvgIpc) is 2.63. The lowest BCUT2D eigenvalue weighted by atomic mass is 10.0. The highest BCUT2D eigenvalue weighted by Gasteiger charge is 2.39. The molecule has 1 fully saturated rings. The number of aliphatic imine (C=N–C) groups is 1. The van der Waals surface area contributed by atoms with Crippen molar-refractivity contribution in [1.82, 2.24) is 5.32 Å². The molecule has 3 rings (SSSR count). The standard InChI is InChI=1S/C18H14FN5O/c19-13-8-6-12(7-9-13)11-22-16-15(10-20)23-18(25)24(17(16)21)14-4-2-1-3-5-14/h1-9,11,15-16,21H,(H,23,25). The Morgan fingerprint density at radius 2 is 1.88 bits per heavy atom. The van der Waals surface area contributed by atoms with Crippen LogP contribution in [-0.2, 0) is 0 Å². The van der Waals surface area contributed by atoms with Crippen LogP contribution in [0.25, 0.3) is 0 Å². The first-order valence-electron chi connectivity index (χ1n) is 7.52. The molecule has 0 spiro atoms. The minimum absolute atomic E-state index is 0.0974. The molecular weight excluding hydrogens is 321 g/mol. The Balaban J connectivity index is 1.90. The van der Waals surface area contributed by atoms with Crippen LogP contribution >= 0.6 is 0 Å². The number of nitriles is 1. The molecule has 1 saturated heterocycles. The number of para-hydroxylation sites is 1. The van der Waals surface area contributed by atoms with Gasteiger partial charge in [-0.25, -0.2) is 14.1 Å². The number of nitrogens with one attached hydrogen (secondary N) is 2. The van der Waals surface area contributed by atoms with Crippen LogP contribution in [0.4, 0.5) is 14.9 Å². The maximum atomic E-state index is 13.0. The number of carbonyl (C=O) groups excluding carboxylic acids is 1. The number of anilines is 1. The van der Waals surface area contributed by atoms with E-state index in [2.05, 4.69) is 10.3 Å². The monoisotopic (exact) mass is 335 g/mol. The molecule has 1 aliphatic rings. The molecule has 1 heterocycles. The van der Waals surface area contributed by atoms with Crippen molar-refractivity contribution in [2.24, 2.45) is 4.99 Å². The highest BCUT2D eigenvalue weighted by atomic mass is 19.1. The third-order valence-corrected chi connectivity index (χ3v) is 3.73. The zero-order valence-electron chi connectivity index (χ0n) is 13.1. The molecule has 0 bridgehead atoms. The van der Waals surface area contributed by atoms with Gasteiger partial charge >= 0.3 is 6.03 Å². The van der Waals surface area contributed by atoms with E-state index in [9.17, 15) is 14.4 Å². The summed E-state index contributed by atoms with van der Waals surface area (Å²) in [6, 6.07) is 14.0. The Morgan fingerprint density at radius 3 is 2.52 bits per heavy atom. The third kappa shape index (κ3) is 3.38. The van der Waals surface area contributed by atoms with E-state index in [1.807, 2.05) is 6.07 Å². The Bertz CT molecular complexity index is 857. The number of nitrogens with zero attached hydrogens (tertiary/aromatic N) is 3. The van der Waals surface area contributed by atoms with Crippen molar-refractivity contribution in [3.63, 3.8) is 0 Å². The summed E-state index contributed by atoms with van der Waals surface area (Å²) in [4.78, 5) is 17.7. The van der Waals surface area contributed by atoms with E-state index in [0.29, 0.717) is 11.3 Å². The second kappa shape index (κ2) is 6.93. The molecule has 0 radical (unpaired) electrons. The smallest absolute Gasteiger partial charge is 0.319 e. The molecule has 2 unspecified atom stereocenters. The highest BCUT2D eigenvalue weighted by Crippen LogP contribution is 2.21. The lowest BCUT2D eigenvalue weighted by Gasteiger charge is -2.34. The molecule has 0 aromatic heterocycles. The minimum atomic E-state index is -0.948. The molecule has 124 valence electrons. The van der Waals surface area contributed by atoms with Crippen LogP contribution in [0.2, 0.25) is 0 Å². The molecule has 0 aliphatic carbocycles. The average molecular weight is 335 g/mol. The third-order valence-electron chi connectivity index (χ3n) is 3.73. The summed E-state index contributed by atoms with van der Waals surface area (Å²) < 4.78 is 13.0. The van der Waals surface area contributed by atoms with Crippen LogP contribution in [0.1, 0.15) is 5.56 Å². The first-order chi connectivity index (χ1) is 12.1. The van der Waals surface area contributed by atoms with Crippen molar-refractivity contribution in [3.05, 3.63) is 66.0 Å². The maximum absolute atomic E-state index is 13.0. The summed E-state index contributed by atoms with van der Waals surface area (Å²) >= 11 is 0. The molecule has 0 saturated carbocycles. The van der Waals surface area contributed by atoms with Gasteiger partial charge in [-0.1, -0.05) is 30.3 Å². The second-order valence-corrected chi connectivity index (χ2v) is 5.39. The highest BCUT2D eigenvalue weighted by molar-refractivity contribution is 6.20. The topological polar surface area (TPSA) is 92.3 Å². The number of halogens is 1. The van der Waals surface area contributed by atoms with Gasteiger partial charge in [0.1, 0.15) is 23.7 Å². The summed E-state index contributed by atoms with van der Waals surface area (Å²) in [5, 5.41) is 20.2. The summed E-state index contributed by atoms with van der Waals surface area (Å²) in [6.45, 7) is 0. The van der Waals surface area contributed by atoms with E-state index in [-0.39, 0.29) is 11.7 Å². The zero-order chi connectivity index (χ0) is 17.8. The number of hydrogen-bond acceptors (Lipinski definition) is 4. The van der Waals surface area contributed by atoms with Gasteiger partial charge in [0.15, 0.2) is 0 Å². The lowest BCUT2D eigenvalue weighted by Crippen LogP contribution is -2.61. The zero-order valence-corrected chi connectivity index (χ0v) is 13.1. The summed E-state index contributed by atoms with van der Waals surface area (Å²) in [5.41, 5.74) is 1.15. The van der Waals surface area contributed by atoms with Crippen LogP contribution in [0.3, 0.4) is 0 Å². The Hall–Kier alpha value is -3.53. The van der Waals surface area contributed by atoms with E-state index in [1.54, 1.807) is 42.5 Å². The van der Waals surface area contributed by atoms with Crippen molar-refractivity contribution in [1.29, 1.82) is 10.7 Å². The van der Waals surface area contributed by atoms with Gasteiger partial charge in [0, 0.05) is 6.21 Å². The SMILES string of the molecule is N#CC1NC(=O)N(c2ccccc2)C(=N)C1N=Cc1ccc(F)cc1. The first kappa shape index (κ1) is 16.3. The molecule has 6 nitrogen and oxygen atoms in total. The molecule has 25 heavy (non-hydrogen) atoms. The van der Waals surface area contributed by atoms with Crippen molar-refractivity contribution < 1.29 is 9.18 Å². The number of benzene rings is 2. The van der Waals surface area contributed by atoms with Gasteiger partial charge in [0.05, 0.1) is 11.8 Å². The van der Waals surface area contributed by atoms with Gasteiger partial charge in [-0.15, -0.1) is 0 Å². The number of carbonyl (C=O) groups is 1. The predicted molar refractivity (Wildman–Crippen MR) is 92.4 cm³/mol. The molecular formula is C18H14FN5O. The van der Waals surface area contributed by atoms with Crippen LogP contribution in [-0.4, -0.2) is 30.2 Å². The molecule has 2 amide bonds. The molecule has 2 aromatic carbocycles. The van der Waals surface area contributed by atoms with Crippen molar-refractivity contribution in [2.75, 3.05) is 4.90 Å². The molecule has 7 heteroatoms. The predicted octanol–water partition coefficient (Wildman–Crippen LogP) is 2.71. The maximum Gasteiger partial charge on any atom is 0.328 e. The normalized spacial score (nSPS) is 20.4. The van der Waals surface area contributed by atoms with Crippen LogP contribution in [0.5, 0.6) is 0 Å². The fourth-order valence-electron chi connectivity index (χ4n) is 2.48. The summed E-state index contributed by atoms with van der Waals surface area (Å²) in [5.74, 6) is -0.458. The van der Waals surface area contributed by atoms with Gasteiger partial charge in [-0.3, -0.25) is 10.4 Å². The van der Waals surface area contributed by atoms with Crippen molar-refractivity contribution in [3.8, 4) is 6.07 Å². The minimum Gasteiger partial charge on any atom is -0.319 e. The quantitative estimate of drug-likeness (QED) is 0.844. The number of rotatable bonds is 3. The van der Waals surface area contributed by atoms with Crippen LogP contribution < -0.4 is 10.2 Å². The number of hydrogen-bond donors (Lipinski definition) is 2. The number of amidine groups is 1.